The molecule has 22 heavy (non-hydrogen) atoms. The highest BCUT2D eigenvalue weighted by atomic mass is 32.2. The third kappa shape index (κ3) is 1.89. The van der Waals surface area contributed by atoms with Crippen LogP contribution in [0.15, 0.2) is 29.0 Å². The van der Waals surface area contributed by atoms with Gasteiger partial charge in [0.25, 0.3) is 11.8 Å². The van der Waals surface area contributed by atoms with Crippen molar-refractivity contribution < 1.29 is 20.5 Å². The van der Waals surface area contributed by atoms with Crippen molar-refractivity contribution in [1.29, 1.82) is 0 Å². The fourth-order valence-corrected chi connectivity index (χ4v) is 3.68. The van der Waals surface area contributed by atoms with Crippen LogP contribution in [0.3, 0.4) is 0 Å². The van der Waals surface area contributed by atoms with Crippen molar-refractivity contribution in [3.05, 3.63) is 35.3 Å². The van der Waals surface area contributed by atoms with Crippen molar-refractivity contribution in [1.82, 2.24) is 9.63 Å². The monoisotopic (exact) mass is 322 g/mol. The predicted molar refractivity (Wildman–Crippen MR) is 84.9 cm³/mol. The molecule has 1 atom stereocenters. The van der Waals surface area contributed by atoms with Crippen molar-refractivity contribution in [2.45, 2.75) is 30.9 Å². The molecule has 1 aromatic heterocycles. The summed E-state index contributed by atoms with van der Waals surface area (Å²) in [6.45, 7) is 4.10. The van der Waals surface area contributed by atoms with E-state index < -0.39 is 18.0 Å². The van der Waals surface area contributed by atoms with Gasteiger partial charge in [0, 0.05) is 10.3 Å². The second-order valence-corrected chi connectivity index (χ2v) is 6.39. The second kappa shape index (κ2) is 5.12. The SMILES string of the molecule is CSc1ccc2cc3n(c2c1C(C)C)C(O)=C(O)N(O)C3O. The van der Waals surface area contributed by atoms with Crippen LogP contribution in [0.1, 0.15) is 37.3 Å². The van der Waals surface area contributed by atoms with Gasteiger partial charge in [0.1, 0.15) is 0 Å². The summed E-state index contributed by atoms with van der Waals surface area (Å²) in [7, 11) is 0. The van der Waals surface area contributed by atoms with Crippen LogP contribution in [0.25, 0.3) is 16.8 Å². The minimum atomic E-state index is -1.44. The molecule has 2 aromatic rings. The molecule has 6 nitrogen and oxygen atoms in total. The summed E-state index contributed by atoms with van der Waals surface area (Å²) in [6, 6.07) is 5.59. The zero-order valence-electron chi connectivity index (χ0n) is 12.5. The molecule has 0 saturated heterocycles. The first kappa shape index (κ1) is 15.1. The minimum Gasteiger partial charge on any atom is -0.490 e. The Balaban J connectivity index is 2.45. The number of thioether (sulfide) groups is 1. The molecule has 0 bridgehead atoms. The summed E-state index contributed by atoms with van der Waals surface area (Å²) in [4.78, 5) is 1.07. The molecule has 3 rings (SSSR count). The molecule has 0 radical (unpaired) electrons. The van der Waals surface area contributed by atoms with E-state index in [1.165, 1.54) is 4.57 Å². The van der Waals surface area contributed by atoms with Gasteiger partial charge >= 0.3 is 0 Å². The fraction of sp³-hybridized carbons (Fsp3) is 0.333. The first-order chi connectivity index (χ1) is 10.4. The Morgan fingerprint density at radius 1 is 1.18 bits per heavy atom. The highest BCUT2D eigenvalue weighted by Gasteiger charge is 2.34. The maximum absolute atomic E-state index is 10.2. The van der Waals surface area contributed by atoms with Crippen molar-refractivity contribution in [3.8, 4) is 0 Å². The molecule has 118 valence electrons. The maximum Gasteiger partial charge on any atom is 0.277 e. The Morgan fingerprint density at radius 3 is 2.45 bits per heavy atom. The molecule has 2 heterocycles. The van der Waals surface area contributed by atoms with Gasteiger partial charge in [-0.2, -0.15) is 5.06 Å². The van der Waals surface area contributed by atoms with Gasteiger partial charge in [-0.05, 0) is 29.9 Å². The van der Waals surface area contributed by atoms with E-state index in [9.17, 15) is 20.5 Å². The van der Waals surface area contributed by atoms with Crippen molar-refractivity contribution >= 4 is 28.5 Å². The van der Waals surface area contributed by atoms with Crippen molar-refractivity contribution in [2.75, 3.05) is 6.26 Å². The molecule has 0 spiro atoms. The van der Waals surface area contributed by atoms with Gasteiger partial charge in [-0.1, -0.05) is 19.9 Å². The van der Waals surface area contributed by atoms with Crippen LogP contribution >= 0.6 is 11.8 Å². The number of aromatic nitrogens is 1. The van der Waals surface area contributed by atoms with Crippen molar-refractivity contribution in [3.63, 3.8) is 0 Å². The van der Waals surface area contributed by atoms with E-state index in [1.807, 2.05) is 32.2 Å². The zero-order chi connectivity index (χ0) is 16.2. The first-order valence-electron chi connectivity index (χ1n) is 6.89. The van der Waals surface area contributed by atoms with E-state index in [4.69, 9.17) is 0 Å². The standard InChI is InChI=1S/C15H18N2O4S/c1-7(2)11-10(22-3)5-4-8-6-9-13(18)17(21)15(20)14(19)16(9)12(8)11/h4-7,13,18-21H,1-3H3. The fourth-order valence-electron chi connectivity index (χ4n) is 2.92. The highest BCUT2D eigenvalue weighted by molar-refractivity contribution is 7.98. The number of fused-ring (bicyclic) bond motifs is 3. The van der Waals surface area contributed by atoms with Gasteiger partial charge in [0.15, 0.2) is 6.23 Å². The van der Waals surface area contributed by atoms with Crippen molar-refractivity contribution in [2.24, 2.45) is 0 Å². The summed E-state index contributed by atoms with van der Waals surface area (Å²) in [5.74, 6) is -1.09. The molecule has 0 saturated carbocycles. The zero-order valence-corrected chi connectivity index (χ0v) is 13.3. The van der Waals surface area contributed by atoms with E-state index in [0.29, 0.717) is 5.69 Å². The van der Waals surface area contributed by atoms with Crippen LogP contribution < -0.4 is 0 Å². The molecule has 1 unspecified atom stereocenters. The second-order valence-electron chi connectivity index (χ2n) is 5.54. The van der Waals surface area contributed by atoms with E-state index in [-0.39, 0.29) is 11.0 Å². The lowest BCUT2D eigenvalue weighted by molar-refractivity contribution is -0.203. The number of aliphatic hydroxyl groups excluding tert-OH is 3. The number of rotatable bonds is 2. The number of benzene rings is 1. The molecule has 7 heteroatoms. The lowest BCUT2D eigenvalue weighted by atomic mass is 10.0. The van der Waals surface area contributed by atoms with Crippen LogP contribution in [-0.2, 0) is 0 Å². The van der Waals surface area contributed by atoms with E-state index in [2.05, 4.69) is 0 Å². The third-order valence-electron chi connectivity index (χ3n) is 3.92. The molecule has 1 aliphatic rings. The molecule has 0 fully saturated rings. The Labute approximate surface area is 131 Å². The van der Waals surface area contributed by atoms with Crippen LogP contribution in [-0.4, -0.2) is 36.4 Å². The van der Waals surface area contributed by atoms with Crippen LogP contribution in [0, 0.1) is 0 Å². The van der Waals surface area contributed by atoms with E-state index in [0.717, 1.165) is 21.4 Å². The number of hydrogen-bond donors (Lipinski definition) is 4. The van der Waals surface area contributed by atoms with Gasteiger partial charge in [-0.15, -0.1) is 11.8 Å². The molecule has 1 aliphatic heterocycles. The predicted octanol–water partition coefficient (Wildman–Crippen LogP) is 3.38. The quantitative estimate of drug-likeness (QED) is 0.634. The van der Waals surface area contributed by atoms with Gasteiger partial charge in [-0.25, -0.2) is 0 Å². The van der Waals surface area contributed by atoms with E-state index in [1.54, 1.807) is 17.8 Å². The average molecular weight is 322 g/mol. The normalized spacial score (nSPS) is 18.5. The Morgan fingerprint density at radius 2 is 1.86 bits per heavy atom. The Hall–Kier alpha value is -1.83. The summed E-state index contributed by atoms with van der Waals surface area (Å²) in [5.41, 5.74) is 2.05. The molecular weight excluding hydrogens is 304 g/mol. The largest absolute Gasteiger partial charge is 0.490 e. The Bertz CT molecular complexity index is 781. The lowest BCUT2D eigenvalue weighted by Crippen LogP contribution is -2.32. The maximum atomic E-state index is 10.2. The Kier molecular flexibility index (Phi) is 3.51. The summed E-state index contributed by atoms with van der Waals surface area (Å²) >= 11 is 1.60. The van der Waals surface area contributed by atoms with Gasteiger partial charge in [0.05, 0.1) is 11.2 Å². The molecule has 0 aliphatic carbocycles. The van der Waals surface area contributed by atoms with Crippen LogP contribution in [0.4, 0.5) is 0 Å². The lowest BCUT2D eigenvalue weighted by Gasteiger charge is -2.29. The first-order valence-corrected chi connectivity index (χ1v) is 8.12. The summed E-state index contributed by atoms with van der Waals surface area (Å²) < 4.78 is 1.40. The van der Waals surface area contributed by atoms with Gasteiger partial charge in [0.2, 0.25) is 0 Å². The minimum absolute atomic E-state index is 0.185. The topological polar surface area (TPSA) is 89.1 Å². The smallest absolute Gasteiger partial charge is 0.277 e. The molecule has 1 aromatic carbocycles. The van der Waals surface area contributed by atoms with Crippen LogP contribution in [0.2, 0.25) is 0 Å². The highest BCUT2D eigenvalue weighted by Crippen LogP contribution is 2.40. The van der Waals surface area contributed by atoms with E-state index >= 15 is 0 Å². The number of aliphatic hydroxyl groups is 3. The van der Waals surface area contributed by atoms with Gasteiger partial charge in [-0.3, -0.25) is 9.77 Å². The number of hydroxylamine groups is 2. The molecular formula is C15H18N2O4S. The average Bonchev–Trinajstić information content (AvgIpc) is 2.88. The molecule has 0 amide bonds. The van der Waals surface area contributed by atoms with Gasteiger partial charge < -0.3 is 15.3 Å². The summed E-state index contributed by atoms with van der Waals surface area (Å²) in [6.07, 6.45) is 0.533. The summed E-state index contributed by atoms with van der Waals surface area (Å²) in [5, 5.41) is 40.9. The van der Waals surface area contributed by atoms with Crippen LogP contribution in [0.5, 0.6) is 0 Å². The number of nitrogens with zero attached hydrogens (tertiary/aromatic N) is 2. The number of hydrogen-bond acceptors (Lipinski definition) is 6. The molecule has 4 N–H and O–H groups in total. The third-order valence-corrected chi connectivity index (χ3v) is 4.71.